The van der Waals surface area contributed by atoms with Crippen LogP contribution in [0.4, 0.5) is 11.4 Å². The fourth-order valence-electron chi connectivity index (χ4n) is 4.50. The lowest BCUT2D eigenvalue weighted by Gasteiger charge is -2.32. The average Bonchev–Trinajstić information content (AvgIpc) is 2.91. The van der Waals surface area contributed by atoms with E-state index in [9.17, 15) is 13.2 Å². The zero-order valence-corrected chi connectivity index (χ0v) is 18.3. The van der Waals surface area contributed by atoms with Crippen LogP contribution >= 0.6 is 0 Å². The van der Waals surface area contributed by atoms with Crippen LogP contribution in [0.2, 0.25) is 0 Å². The van der Waals surface area contributed by atoms with Gasteiger partial charge >= 0.3 is 0 Å². The molecule has 2 aliphatic rings. The molecule has 1 amide bonds. The number of rotatable bonds is 4. The van der Waals surface area contributed by atoms with E-state index in [1.54, 1.807) is 18.2 Å². The largest absolute Gasteiger partial charge is 0.309 e. The summed E-state index contributed by atoms with van der Waals surface area (Å²) in [4.78, 5) is 14.9. The third kappa shape index (κ3) is 3.54. The number of carbonyl (C=O) groups is 1. The highest BCUT2D eigenvalue weighted by Gasteiger charge is 2.37. The van der Waals surface area contributed by atoms with Crippen LogP contribution in [0.3, 0.4) is 0 Å². The molecule has 1 N–H and O–H groups in total. The Hall–Kier alpha value is -2.34. The average molecular weight is 413 g/mol. The molecule has 2 aromatic rings. The fourth-order valence-corrected chi connectivity index (χ4v) is 5.75. The van der Waals surface area contributed by atoms with E-state index in [2.05, 4.69) is 4.72 Å². The Morgan fingerprint density at radius 3 is 2.31 bits per heavy atom. The monoisotopic (exact) mass is 412 g/mol. The van der Waals surface area contributed by atoms with Crippen molar-refractivity contribution in [2.45, 2.75) is 64.3 Å². The summed E-state index contributed by atoms with van der Waals surface area (Å²) in [6, 6.07) is 9.13. The van der Waals surface area contributed by atoms with Gasteiger partial charge in [0.05, 0.1) is 10.6 Å². The van der Waals surface area contributed by atoms with Crippen LogP contribution in [0.1, 0.15) is 48.4 Å². The maximum atomic E-state index is 13.1. The van der Waals surface area contributed by atoms with Gasteiger partial charge in [-0.05, 0) is 81.8 Å². The summed E-state index contributed by atoms with van der Waals surface area (Å²) in [6.07, 6.45) is 3.72. The maximum absolute atomic E-state index is 13.1. The van der Waals surface area contributed by atoms with E-state index in [0.29, 0.717) is 12.1 Å². The highest BCUT2D eigenvalue weighted by atomic mass is 32.2. The van der Waals surface area contributed by atoms with Crippen LogP contribution < -0.4 is 9.62 Å². The highest BCUT2D eigenvalue weighted by Crippen LogP contribution is 2.38. The predicted molar refractivity (Wildman–Crippen MR) is 116 cm³/mol. The van der Waals surface area contributed by atoms with Crippen molar-refractivity contribution in [1.29, 1.82) is 0 Å². The van der Waals surface area contributed by atoms with E-state index in [-0.39, 0.29) is 22.8 Å². The molecule has 0 radical (unpaired) electrons. The second kappa shape index (κ2) is 7.17. The third-order valence-electron chi connectivity index (χ3n) is 6.18. The first-order valence-electron chi connectivity index (χ1n) is 10.2. The second-order valence-corrected chi connectivity index (χ2v) is 10.2. The molecule has 1 atom stereocenters. The molecule has 1 heterocycles. The Morgan fingerprint density at radius 2 is 1.72 bits per heavy atom. The normalized spacial score (nSPS) is 19.0. The van der Waals surface area contributed by atoms with Crippen molar-refractivity contribution < 1.29 is 13.2 Å². The van der Waals surface area contributed by atoms with Crippen molar-refractivity contribution in [3.8, 4) is 0 Å². The number of anilines is 2. The smallest absolute Gasteiger partial charge is 0.261 e. The molecule has 1 fully saturated rings. The van der Waals surface area contributed by atoms with E-state index >= 15 is 0 Å². The Balaban J connectivity index is 1.64. The van der Waals surface area contributed by atoms with Crippen molar-refractivity contribution in [1.82, 2.24) is 0 Å². The SMILES string of the molecule is Cc1cc(C)c(NS(=O)(=O)c2ccc3c(c2)C[C@H](C)N3C(=O)C2CCC2)c(C)c1. The summed E-state index contributed by atoms with van der Waals surface area (Å²) < 4.78 is 28.9. The van der Waals surface area contributed by atoms with Gasteiger partial charge in [-0.3, -0.25) is 9.52 Å². The summed E-state index contributed by atoms with van der Waals surface area (Å²) in [7, 11) is -3.71. The van der Waals surface area contributed by atoms with Gasteiger partial charge < -0.3 is 4.90 Å². The number of sulfonamides is 1. The van der Waals surface area contributed by atoms with Crippen LogP contribution in [-0.2, 0) is 21.2 Å². The summed E-state index contributed by atoms with van der Waals surface area (Å²) in [5.41, 5.74) is 5.31. The van der Waals surface area contributed by atoms with Crippen LogP contribution in [0.25, 0.3) is 0 Å². The van der Waals surface area contributed by atoms with Gasteiger partial charge in [-0.2, -0.15) is 0 Å². The van der Waals surface area contributed by atoms with Gasteiger partial charge in [0, 0.05) is 17.6 Å². The Labute approximate surface area is 173 Å². The third-order valence-corrected chi connectivity index (χ3v) is 7.53. The number of nitrogens with zero attached hydrogens (tertiary/aromatic N) is 1. The molecule has 2 aromatic carbocycles. The minimum absolute atomic E-state index is 0.0607. The lowest BCUT2D eigenvalue weighted by atomic mass is 9.84. The molecule has 0 spiro atoms. The number of hydrogen-bond donors (Lipinski definition) is 1. The van der Waals surface area contributed by atoms with Gasteiger partial charge in [0.25, 0.3) is 10.0 Å². The van der Waals surface area contributed by atoms with Gasteiger partial charge in [-0.1, -0.05) is 24.1 Å². The van der Waals surface area contributed by atoms with E-state index in [4.69, 9.17) is 0 Å². The van der Waals surface area contributed by atoms with E-state index in [1.165, 1.54) is 0 Å². The van der Waals surface area contributed by atoms with Crippen molar-refractivity contribution in [2.24, 2.45) is 5.92 Å². The summed E-state index contributed by atoms with van der Waals surface area (Å²) >= 11 is 0. The van der Waals surface area contributed by atoms with Crippen LogP contribution in [0.15, 0.2) is 35.2 Å². The topological polar surface area (TPSA) is 66.5 Å². The molecule has 1 aliphatic heterocycles. The van der Waals surface area contributed by atoms with Crippen LogP contribution in [0, 0.1) is 26.7 Å². The predicted octanol–water partition coefficient (Wildman–Crippen LogP) is 4.49. The van der Waals surface area contributed by atoms with E-state index in [0.717, 1.165) is 47.2 Å². The highest BCUT2D eigenvalue weighted by molar-refractivity contribution is 7.92. The molecule has 0 unspecified atom stereocenters. The van der Waals surface area contributed by atoms with Gasteiger partial charge in [0.1, 0.15) is 0 Å². The molecule has 1 saturated carbocycles. The second-order valence-electron chi connectivity index (χ2n) is 8.56. The number of fused-ring (bicyclic) bond motifs is 1. The number of benzene rings is 2. The molecular formula is C23H28N2O3S. The maximum Gasteiger partial charge on any atom is 0.261 e. The molecule has 29 heavy (non-hydrogen) atoms. The Kier molecular flexibility index (Phi) is 4.93. The summed E-state index contributed by atoms with van der Waals surface area (Å²) in [6.45, 7) is 7.84. The lowest BCUT2D eigenvalue weighted by molar-refractivity contribution is -0.125. The van der Waals surface area contributed by atoms with Crippen LogP contribution in [-0.4, -0.2) is 20.4 Å². The van der Waals surface area contributed by atoms with Crippen molar-refractivity contribution >= 4 is 27.3 Å². The number of amides is 1. The Bertz CT molecular complexity index is 1060. The van der Waals surface area contributed by atoms with Crippen LogP contribution in [0.5, 0.6) is 0 Å². The fraction of sp³-hybridized carbons (Fsp3) is 0.435. The molecule has 0 aromatic heterocycles. The molecule has 6 heteroatoms. The molecule has 0 saturated heterocycles. The molecule has 0 bridgehead atoms. The zero-order chi connectivity index (χ0) is 20.9. The molecule has 5 nitrogen and oxygen atoms in total. The van der Waals surface area contributed by atoms with Gasteiger partial charge in [0.15, 0.2) is 0 Å². The van der Waals surface area contributed by atoms with Gasteiger partial charge in [0.2, 0.25) is 5.91 Å². The first-order chi connectivity index (χ1) is 13.7. The summed E-state index contributed by atoms with van der Waals surface area (Å²) in [5, 5.41) is 0. The first-order valence-corrected chi connectivity index (χ1v) is 11.7. The standard InChI is InChI=1S/C23H28N2O3S/c1-14-10-15(2)22(16(3)11-14)24-29(27,28)20-8-9-21-19(13-20)12-17(4)25(21)23(26)18-6-5-7-18/h8-11,13,17-18,24H,5-7,12H2,1-4H3/t17-/m0/s1. The Morgan fingerprint density at radius 1 is 1.07 bits per heavy atom. The number of aryl methyl sites for hydroxylation is 3. The molecule has 1 aliphatic carbocycles. The minimum Gasteiger partial charge on any atom is -0.309 e. The molecule has 154 valence electrons. The zero-order valence-electron chi connectivity index (χ0n) is 17.5. The van der Waals surface area contributed by atoms with Gasteiger partial charge in [-0.25, -0.2) is 8.42 Å². The number of nitrogens with one attached hydrogen (secondary N) is 1. The quantitative estimate of drug-likeness (QED) is 0.805. The van der Waals surface area contributed by atoms with Gasteiger partial charge in [-0.15, -0.1) is 0 Å². The number of carbonyl (C=O) groups excluding carboxylic acids is 1. The van der Waals surface area contributed by atoms with E-state index < -0.39 is 10.0 Å². The molecule has 4 rings (SSSR count). The van der Waals surface area contributed by atoms with E-state index in [1.807, 2.05) is 44.7 Å². The van der Waals surface area contributed by atoms with Crippen molar-refractivity contribution in [3.63, 3.8) is 0 Å². The summed E-state index contributed by atoms with van der Waals surface area (Å²) in [5.74, 6) is 0.308. The first kappa shape index (κ1) is 20.0. The van der Waals surface area contributed by atoms with Crippen molar-refractivity contribution in [3.05, 3.63) is 52.6 Å². The minimum atomic E-state index is -3.71. The van der Waals surface area contributed by atoms with Crippen molar-refractivity contribution in [2.75, 3.05) is 9.62 Å². The lowest BCUT2D eigenvalue weighted by Crippen LogP contribution is -2.42. The number of hydrogen-bond acceptors (Lipinski definition) is 3. The molecular weight excluding hydrogens is 384 g/mol.